The molecule has 1 aromatic carbocycles. The number of rotatable bonds is 9. The first-order valence-corrected chi connectivity index (χ1v) is 10.7. The second-order valence-electron chi connectivity index (χ2n) is 7.82. The number of imide groups is 1. The van der Waals surface area contributed by atoms with E-state index in [1.165, 1.54) is 4.90 Å². The number of urea groups is 1. The van der Waals surface area contributed by atoms with Gasteiger partial charge < -0.3 is 9.64 Å². The minimum Gasteiger partial charge on any atom is -0.465 e. The Kier molecular flexibility index (Phi) is 7.82. The van der Waals surface area contributed by atoms with E-state index in [0.29, 0.717) is 25.7 Å². The highest BCUT2D eigenvalue weighted by atomic mass is 16.5. The summed E-state index contributed by atoms with van der Waals surface area (Å²) in [5.41, 5.74) is -0.440. The number of nitrogens with zero attached hydrogens (tertiary/aromatic N) is 2. The van der Waals surface area contributed by atoms with Crippen molar-refractivity contribution in [3.63, 3.8) is 0 Å². The Bertz CT molecular complexity index is 721. The van der Waals surface area contributed by atoms with Crippen molar-refractivity contribution >= 4 is 17.9 Å². The fourth-order valence-electron chi connectivity index (χ4n) is 4.22. The van der Waals surface area contributed by atoms with E-state index < -0.39 is 23.3 Å². The van der Waals surface area contributed by atoms with Gasteiger partial charge in [-0.15, -0.1) is 0 Å². The van der Waals surface area contributed by atoms with Crippen LogP contribution in [0.5, 0.6) is 0 Å². The molecule has 0 aliphatic carbocycles. The Balaban J connectivity index is 2.55. The van der Waals surface area contributed by atoms with E-state index in [2.05, 4.69) is 0 Å². The quantitative estimate of drug-likeness (QED) is 0.449. The molecule has 6 heteroatoms. The summed E-state index contributed by atoms with van der Waals surface area (Å²) in [6.07, 6.45) is 2.97. The number of likely N-dealkylation sites (N-methyl/N-ethyl adjacent to an activating group) is 1. The Morgan fingerprint density at radius 2 is 1.72 bits per heavy atom. The first kappa shape index (κ1) is 22.9. The average Bonchev–Trinajstić information content (AvgIpc) is 2.95. The van der Waals surface area contributed by atoms with Crippen LogP contribution in [0.15, 0.2) is 30.3 Å². The summed E-state index contributed by atoms with van der Waals surface area (Å²) in [7, 11) is 1.70. The third kappa shape index (κ3) is 4.31. The SMILES string of the molecule is CCCC[C@@](CCC)(C(=O)OCC)C(=O)N1C(=O)N(C)[C@H](C)[C@@H]1c1ccccc1. The zero-order valence-corrected chi connectivity index (χ0v) is 18.3. The minimum atomic E-state index is -1.33. The number of carbonyl (C=O) groups excluding carboxylic acids is 3. The van der Waals surface area contributed by atoms with Crippen LogP contribution in [0.2, 0.25) is 0 Å². The first-order chi connectivity index (χ1) is 13.9. The lowest BCUT2D eigenvalue weighted by molar-refractivity contribution is -0.166. The fourth-order valence-corrected chi connectivity index (χ4v) is 4.22. The van der Waals surface area contributed by atoms with Gasteiger partial charge in [-0.25, -0.2) is 4.79 Å². The maximum Gasteiger partial charge on any atom is 0.327 e. The van der Waals surface area contributed by atoms with Gasteiger partial charge in [0.05, 0.1) is 18.7 Å². The monoisotopic (exact) mass is 402 g/mol. The molecule has 1 aromatic rings. The van der Waals surface area contributed by atoms with Gasteiger partial charge in [-0.1, -0.05) is 63.4 Å². The molecule has 0 radical (unpaired) electrons. The molecule has 0 unspecified atom stereocenters. The molecular formula is C23H34N2O4. The van der Waals surface area contributed by atoms with Crippen LogP contribution >= 0.6 is 0 Å². The molecule has 160 valence electrons. The van der Waals surface area contributed by atoms with Gasteiger partial charge in [-0.2, -0.15) is 0 Å². The molecule has 1 aliphatic heterocycles. The van der Waals surface area contributed by atoms with Crippen LogP contribution in [0.25, 0.3) is 0 Å². The number of unbranched alkanes of at least 4 members (excludes halogenated alkanes) is 1. The highest BCUT2D eigenvalue weighted by Gasteiger charge is 2.55. The van der Waals surface area contributed by atoms with Crippen LogP contribution in [0.1, 0.15) is 71.4 Å². The van der Waals surface area contributed by atoms with Crippen molar-refractivity contribution in [3.8, 4) is 0 Å². The normalized spacial score (nSPS) is 21.2. The fraction of sp³-hybridized carbons (Fsp3) is 0.609. The average molecular weight is 403 g/mol. The molecular weight excluding hydrogens is 368 g/mol. The second-order valence-corrected chi connectivity index (χ2v) is 7.82. The second kappa shape index (κ2) is 9.90. The van der Waals surface area contributed by atoms with E-state index in [9.17, 15) is 14.4 Å². The Morgan fingerprint density at radius 3 is 2.28 bits per heavy atom. The van der Waals surface area contributed by atoms with Crippen molar-refractivity contribution in [1.29, 1.82) is 0 Å². The molecule has 2 rings (SSSR count). The molecule has 1 aliphatic rings. The molecule has 3 amide bonds. The lowest BCUT2D eigenvalue weighted by Gasteiger charge is -2.35. The van der Waals surface area contributed by atoms with Gasteiger partial charge >= 0.3 is 12.0 Å². The Hall–Kier alpha value is -2.37. The summed E-state index contributed by atoms with van der Waals surface area (Å²) in [5.74, 6) is -0.941. The van der Waals surface area contributed by atoms with Crippen LogP contribution in [0.3, 0.4) is 0 Å². The molecule has 0 aromatic heterocycles. The zero-order valence-electron chi connectivity index (χ0n) is 18.3. The maximum absolute atomic E-state index is 13.9. The molecule has 1 heterocycles. The summed E-state index contributed by atoms with van der Waals surface area (Å²) in [6, 6.07) is 8.55. The van der Waals surface area contributed by atoms with E-state index in [1.807, 2.05) is 51.1 Å². The van der Waals surface area contributed by atoms with E-state index in [-0.39, 0.29) is 18.7 Å². The van der Waals surface area contributed by atoms with Crippen molar-refractivity contribution < 1.29 is 19.1 Å². The van der Waals surface area contributed by atoms with E-state index in [4.69, 9.17) is 4.74 Å². The number of amides is 3. The van der Waals surface area contributed by atoms with Gasteiger partial charge in [0.1, 0.15) is 5.41 Å². The zero-order chi connectivity index (χ0) is 21.6. The Morgan fingerprint density at radius 1 is 1.07 bits per heavy atom. The number of hydrogen-bond donors (Lipinski definition) is 0. The van der Waals surface area contributed by atoms with E-state index >= 15 is 0 Å². The maximum atomic E-state index is 13.9. The van der Waals surface area contributed by atoms with Gasteiger partial charge in [0.15, 0.2) is 0 Å². The molecule has 3 atom stereocenters. The van der Waals surface area contributed by atoms with Crippen molar-refractivity contribution in [3.05, 3.63) is 35.9 Å². The number of benzene rings is 1. The van der Waals surface area contributed by atoms with E-state index in [1.54, 1.807) is 18.9 Å². The minimum absolute atomic E-state index is 0.193. The van der Waals surface area contributed by atoms with E-state index in [0.717, 1.165) is 12.0 Å². The summed E-state index contributed by atoms with van der Waals surface area (Å²) >= 11 is 0. The number of hydrogen-bond acceptors (Lipinski definition) is 4. The summed E-state index contributed by atoms with van der Waals surface area (Å²) < 4.78 is 5.36. The molecule has 0 N–H and O–H groups in total. The lowest BCUT2D eigenvalue weighted by atomic mass is 9.76. The Labute approximate surface area is 174 Å². The van der Waals surface area contributed by atoms with Crippen LogP contribution < -0.4 is 0 Å². The number of carbonyl (C=O) groups is 3. The molecule has 1 saturated heterocycles. The van der Waals surface area contributed by atoms with Gasteiger partial charge in [0.25, 0.3) is 0 Å². The van der Waals surface area contributed by atoms with Crippen molar-refractivity contribution in [2.75, 3.05) is 13.7 Å². The summed E-state index contributed by atoms with van der Waals surface area (Å²) in [6.45, 7) is 7.84. The summed E-state index contributed by atoms with van der Waals surface area (Å²) in [5, 5.41) is 0. The molecule has 29 heavy (non-hydrogen) atoms. The standard InChI is InChI=1S/C23H34N2O4/c1-6-9-16-23(15-7-2,21(27)29-8-3)20(26)25-19(17(4)24(5)22(25)28)18-13-11-10-12-14-18/h10-14,17,19H,6-9,15-16H2,1-5H3/t17-,19-,23-/m1/s1. The highest BCUT2D eigenvalue weighted by molar-refractivity contribution is 6.09. The first-order valence-electron chi connectivity index (χ1n) is 10.7. The van der Waals surface area contributed by atoms with Crippen molar-refractivity contribution in [1.82, 2.24) is 9.80 Å². The topological polar surface area (TPSA) is 66.9 Å². The van der Waals surface area contributed by atoms with Crippen LogP contribution in [-0.2, 0) is 14.3 Å². The number of esters is 1. The van der Waals surface area contributed by atoms with Gasteiger partial charge in [0, 0.05) is 7.05 Å². The largest absolute Gasteiger partial charge is 0.465 e. The lowest BCUT2D eigenvalue weighted by Crippen LogP contribution is -2.51. The highest BCUT2D eigenvalue weighted by Crippen LogP contribution is 2.42. The summed E-state index contributed by atoms with van der Waals surface area (Å²) in [4.78, 5) is 43.0. The molecule has 1 fully saturated rings. The number of ether oxygens (including phenoxy) is 1. The molecule has 0 bridgehead atoms. The molecule has 0 spiro atoms. The molecule has 0 saturated carbocycles. The third-order valence-corrected chi connectivity index (χ3v) is 5.92. The van der Waals surface area contributed by atoms with Crippen molar-refractivity contribution in [2.45, 2.75) is 71.9 Å². The van der Waals surface area contributed by atoms with Crippen LogP contribution in [-0.4, -0.2) is 47.4 Å². The van der Waals surface area contributed by atoms with Crippen LogP contribution in [0.4, 0.5) is 4.79 Å². The van der Waals surface area contributed by atoms with Crippen molar-refractivity contribution in [2.24, 2.45) is 5.41 Å². The predicted molar refractivity (Wildman–Crippen MR) is 112 cm³/mol. The van der Waals surface area contributed by atoms with Gasteiger partial charge in [-0.3, -0.25) is 14.5 Å². The smallest absolute Gasteiger partial charge is 0.327 e. The predicted octanol–water partition coefficient (Wildman–Crippen LogP) is 4.55. The van der Waals surface area contributed by atoms with Gasteiger partial charge in [0.2, 0.25) is 5.91 Å². The molecule has 6 nitrogen and oxygen atoms in total. The van der Waals surface area contributed by atoms with Gasteiger partial charge in [-0.05, 0) is 32.3 Å². The third-order valence-electron chi connectivity index (χ3n) is 5.92. The van der Waals surface area contributed by atoms with Crippen LogP contribution in [0, 0.1) is 5.41 Å².